The van der Waals surface area contributed by atoms with Crippen molar-refractivity contribution >= 4 is 11.5 Å². The van der Waals surface area contributed by atoms with E-state index in [0.29, 0.717) is 6.54 Å². The Morgan fingerprint density at radius 2 is 2.20 bits per heavy atom. The van der Waals surface area contributed by atoms with Gasteiger partial charge in [0.15, 0.2) is 0 Å². The lowest BCUT2D eigenvalue weighted by Gasteiger charge is -2.20. The molecule has 0 unspecified atom stereocenters. The highest BCUT2D eigenvalue weighted by Gasteiger charge is 2.33. The maximum absolute atomic E-state index is 10.9. The van der Waals surface area contributed by atoms with Gasteiger partial charge < -0.3 is 10.1 Å². The van der Waals surface area contributed by atoms with Gasteiger partial charge in [0.1, 0.15) is 5.75 Å². The van der Waals surface area contributed by atoms with Gasteiger partial charge in [-0.3, -0.25) is 4.79 Å². The van der Waals surface area contributed by atoms with Crippen LogP contribution in [0.5, 0.6) is 5.75 Å². The average molecular weight is 273 g/mol. The van der Waals surface area contributed by atoms with Crippen LogP contribution < -0.4 is 10.1 Å². The lowest BCUT2D eigenvalue weighted by molar-refractivity contribution is -0.118. The number of hydrogen-bond acceptors (Lipinski definition) is 2. The van der Waals surface area contributed by atoms with Crippen molar-refractivity contribution in [1.29, 1.82) is 0 Å². The topological polar surface area (TPSA) is 38.3 Å². The number of fused-ring (bicyclic) bond motifs is 1. The van der Waals surface area contributed by atoms with Gasteiger partial charge in [0.25, 0.3) is 0 Å². The molecule has 0 atom stereocenters. The number of methoxy groups -OCH3 is 1. The SMILES string of the molecule is COc1ccc2c(c1)CC(C)(C)/C2=C/CCNC(C)=O. The predicted molar refractivity (Wildman–Crippen MR) is 81.8 cm³/mol. The first-order valence-electron chi connectivity index (χ1n) is 7.06. The van der Waals surface area contributed by atoms with E-state index < -0.39 is 0 Å². The lowest BCUT2D eigenvalue weighted by Crippen LogP contribution is -2.20. The van der Waals surface area contributed by atoms with Gasteiger partial charge in [-0.2, -0.15) is 0 Å². The highest BCUT2D eigenvalue weighted by atomic mass is 16.5. The van der Waals surface area contributed by atoms with Crippen molar-refractivity contribution in [3.05, 3.63) is 35.4 Å². The van der Waals surface area contributed by atoms with Crippen LogP contribution in [0.15, 0.2) is 24.3 Å². The average Bonchev–Trinajstić information content (AvgIpc) is 2.63. The van der Waals surface area contributed by atoms with E-state index in [9.17, 15) is 4.79 Å². The molecule has 3 nitrogen and oxygen atoms in total. The summed E-state index contributed by atoms with van der Waals surface area (Å²) in [6.07, 6.45) is 4.16. The van der Waals surface area contributed by atoms with Gasteiger partial charge in [-0.1, -0.05) is 26.0 Å². The molecule has 20 heavy (non-hydrogen) atoms. The first-order chi connectivity index (χ1) is 9.44. The standard InChI is InChI=1S/C17H23NO2/c1-12(19)18-9-5-6-16-15-8-7-14(20-4)10-13(15)11-17(16,2)3/h6-8,10H,5,9,11H2,1-4H3,(H,18,19)/b16-6+. The van der Waals surface area contributed by atoms with Gasteiger partial charge in [-0.05, 0) is 47.1 Å². The zero-order valence-corrected chi connectivity index (χ0v) is 12.7. The van der Waals surface area contributed by atoms with E-state index in [-0.39, 0.29) is 11.3 Å². The monoisotopic (exact) mass is 273 g/mol. The lowest BCUT2D eigenvalue weighted by atomic mass is 9.84. The Morgan fingerprint density at radius 3 is 2.85 bits per heavy atom. The summed E-state index contributed by atoms with van der Waals surface area (Å²) in [4.78, 5) is 10.9. The summed E-state index contributed by atoms with van der Waals surface area (Å²) in [5, 5.41) is 2.84. The van der Waals surface area contributed by atoms with E-state index in [1.165, 1.54) is 16.7 Å². The number of carbonyl (C=O) groups excluding carboxylic acids is 1. The molecule has 2 rings (SSSR count). The fourth-order valence-electron chi connectivity index (χ4n) is 2.89. The van der Waals surface area contributed by atoms with Crippen LogP contribution in [-0.4, -0.2) is 19.6 Å². The molecule has 0 fully saturated rings. The van der Waals surface area contributed by atoms with Crippen molar-refractivity contribution in [3.8, 4) is 5.75 Å². The van der Waals surface area contributed by atoms with Crippen LogP contribution in [0, 0.1) is 5.41 Å². The molecule has 1 amide bonds. The second-order valence-electron chi connectivity index (χ2n) is 5.97. The molecule has 0 aromatic heterocycles. The maximum Gasteiger partial charge on any atom is 0.216 e. The predicted octanol–water partition coefficient (Wildman–Crippen LogP) is 3.19. The van der Waals surface area contributed by atoms with Crippen molar-refractivity contribution in [3.63, 3.8) is 0 Å². The molecule has 0 bridgehead atoms. The summed E-state index contributed by atoms with van der Waals surface area (Å²) in [5.41, 5.74) is 4.18. The molecule has 1 aromatic carbocycles. The number of benzene rings is 1. The molecule has 0 saturated carbocycles. The minimum atomic E-state index is 0.0271. The fraction of sp³-hybridized carbons (Fsp3) is 0.471. The third-order valence-corrected chi connectivity index (χ3v) is 3.83. The van der Waals surface area contributed by atoms with Crippen LogP contribution in [0.4, 0.5) is 0 Å². The van der Waals surface area contributed by atoms with E-state index in [2.05, 4.69) is 37.4 Å². The second kappa shape index (κ2) is 5.70. The molecule has 0 saturated heterocycles. The van der Waals surface area contributed by atoms with Crippen molar-refractivity contribution in [2.24, 2.45) is 5.41 Å². The van der Waals surface area contributed by atoms with E-state index in [4.69, 9.17) is 4.74 Å². The summed E-state index contributed by atoms with van der Waals surface area (Å²) in [6, 6.07) is 6.29. The smallest absolute Gasteiger partial charge is 0.216 e. The van der Waals surface area contributed by atoms with Crippen LogP contribution in [0.1, 0.15) is 38.3 Å². The van der Waals surface area contributed by atoms with Crippen LogP contribution in [0.25, 0.3) is 5.57 Å². The molecular formula is C17H23NO2. The fourth-order valence-corrected chi connectivity index (χ4v) is 2.89. The minimum Gasteiger partial charge on any atom is -0.497 e. The number of rotatable bonds is 4. The molecule has 0 heterocycles. The molecule has 3 heteroatoms. The van der Waals surface area contributed by atoms with Crippen LogP contribution >= 0.6 is 0 Å². The largest absolute Gasteiger partial charge is 0.497 e. The van der Waals surface area contributed by atoms with Crippen molar-refractivity contribution < 1.29 is 9.53 Å². The minimum absolute atomic E-state index is 0.0271. The molecule has 0 radical (unpaired) electrons. The van der Waals surface area contributed by atoms with Crippen molar-refractivity contribution in [1.82, 2.24) is 5.32 Å². The molecule has 1 aliphatic rings. The zero-order chi connectivity index (χ0) is 14.8. The van der Waals surface area contributed by atoms with Gasteiger partial charge in [0.2, 0.25) is 5.91 Å². The Morgan fingerprint density at radius 1 is 1.45 bits per heavy atom. The molecular weight excluding hydrogens is 250 g/mol. The van der Waals surface area contributed by atoms with Crippen LogP contribution in [0.3, 0.4) is 0 Å². The Labute approximate surface area is 121 Å². The van der Waals surface area contributed by atoms with E-state index in [1.807, 2.05) is 6.07 Å². The summed E-state index contributed by atoms with van der Waals surface area (Å²) in [7, 11) is 1.70. The third-order valence-electron chi connectivity index (χ3n) is 3.83. The van der Waals surface area contributed by atoms with Gasteiger partial charge in [0, 0.05) is 13.5 Å². The van der Waals surface area contributed by atoms with E-state index >= 15 is 0 Å². The normalized spacial score (nSPS) is 17.9. The number of carbonyl (C=O) groups is 1. The number of allylic oxidation sites excluding steroid dienone is 1. The van der Waals surface area contributed by atoms with E-state index in [0.717, 1.165) is 18.6 Å². The quantitative estimate of drug-likeness (QED) is 0.856. The van der Waals surface area contributed by atoms with Crippen molar-refractivity contribution in [2.75, 3.05) is 13.7 Å². The van der Waals surface area contributed by atoms with Crippen LogP contribution in [-0.2, 0) is 11.2 Å². The summed E-state index contributed by atoms with van der Waals surface area (Å²) in [6.45, 7) is 6.78. The number of nitrogens with one attached hydrogen (secondary N) is 1. The van der Waals surface area contributed by atoms with Gasteiger partial charge >= 0.3 is 0 Å². The summed E-state index contributed by atoms with van der Waals surface area (Å²) in [5.74, 6) is 0.943. The second-order valence-corrected chi connectivity index (χ2v) is 5.97. The zero-order valence-electron chi connectivity index (χ0n) is 12.7. The van der Waals surface area contributed by atoms with Gasteiger partial charge in [-0.25, -0.2) is 0 Å². The Balaban J connectivity index is 2.20. The number of hydrogen-bond donors (Lipinski definition) is 1. The van der Waals surface area contributed by atoms with Gasteiger partial charge in [-0.15, -0.1) is 0 Å². The first-order valence-corrected chi connectivity index (χ1v) is 7.06. The molecule has 1 aromatic rings. The maximum atomic E-state index is 10.9. The van der Waals surface area contributed by atoms with Gasteiger partial charge in [0.05, 0.1) is 7.11 Å². The van der Waals surface area contributed by atoms with E-state index in [1.54, 1.807) is 14.0 Å². The number of amides is 1. The highest BCUT2D eigenvalue weighted by molar-refractivity contribution is 5.77. The summed E-state index contributed by atoms with van der Waals surface area (Å²) < 4.78 is 5.30. The van der Waals surface area contributed by atoms with Crippen molar-refractivity contribution in [2.45, 2.75) is 33.6 Å². The molecule has 1 N–H and O–H groups in total. The molecule has 0 aliphatic heterocycles. The molecule has 108 valence electrons. The Kier molecular flexibility index (Phi) is 4.17. The summed E-state index contributed by atoms with van der Waals surface area (Å²) >= 11 is 0. The highest BCUT2D eigenvalue weighted by Crippen LogP contribution is 2.47. The first kappa shape index (κ1) is 14.6. The number of ether oxygens (including phenoxy) is 1. The molecule has 0 spiro atoms. The third kappa shape index (κ3) is 3.03. The Hall–Kier alpha value is -1.77. The molecule has 1 aliphatic carbocycles. The Bertz CT molecular complexity index is 544. The van der Waals surface area contributed by atoms with Crippen LogP contribution in [0.2, 0.25) is 0 Å².